The number of aromatic hydroxyl groups is 1. The van der Waals surface area contributed by atoms with E-state index in [1.807, 2.05) is 0 Å². The van der Waals surface area contributed by atoms with E-state index in [0.717, 1.165) is 5.75 Å². The molecule has 1 aromatic carbocycles. The molecule has 82 valence electrons. The molecule has 0 atom stereocenters. The van der Waals surface area contributed by atoms with Crippen LogP contribution in [0.15, 0.2) is 24.3 Å². The van der Waals surface area contributed by atoms with E-state index in [1.165, 1.54) is 17.8 Å². The SMILES string of the molecule is NCCSCC(=O)Nc1cccc(O)c1. The van der Waals surface area contributed by atoms with Gasteiger partial charge in [0.1, 0.15) is 5.75 Å². The van der Waals surface area contributed by atoms with E-state index in [-0.39, 0.29) is 11.7 Å². The van der Waals surface area contributed by atoms with Crippen molar-refractivity contribution in [3.8, 4) is 5.75 Å². The van der Waals surface area contributed by atoms with Gasteiger partial charge in [0, 0.05) is 24.1 Å². The number of thioether (sulfide) groups is 1. The molecule has 0 saturated heterocycles. The molecule has 4 N–H and O–H groups in total. The molecule has 0 unspecified atom stereocenters. The van der Waals surface area contributed by atoms with Gasteiger partial charge in [-0.1, -0.05) is 6.07 Å². The van der Waals surface area contributed by atoms with Gasteiger partial charge in [-0.05, 0) is 12.1 Å². The number of amides is 1. The maximum absolute atomic E-state index is 11.3. The highest BCUT2D eigenvalue weighted by Crippen LogP contribution is 2.15. The lowest BCUT2D eigenvalue weighted by molar-refractivity contribution is -0.113. The third kappa shape index (κ3) is 4.71. The smallest absolute Gasteiger partial charge is 0.234 e. The van der Waals surface area contributed by atoms with E-state index in [4.69, 9.17) is 10.8 Å². The van der Waals surface area contributed by atoms with E-state index in [0.29, 0.717) is 18.0 Å². The molecule has 0 spiro atoms. The highest BCUT2D eigenvalue weighted by atomic mass is 32.2. The molecule has 1 rings (SSSR count). The Bertz CT molecular complexity index is 331. The number of anilines is 1. The molecule has 0 aliphatic heterocycles. The lowest BCUT2D eigenvalue weighted by atomic mass is 10.3. The number of carbonyl (C=O) groups excluding carboxylic acids is 1. The monoisotopic (exact) mass is 226 g/mol. The van der Waals surface area contributed by atoms with Crippen LogP contribution in [0, 0.1) is 0 Å². The zero-order chi connectivity index (χ0) is 11.1. The van der Waals surface area contributed by atoms with Crippen molar-refractivity contribution in [2.45, 2.75) is 0 Å². The fourth-order valence-electron chi connectivity index (χ4n) is 1.03. The van der Waals surface area contributed by atoms with Crippen molar-refractivity contribution in [2.24, 2.45) is 5.73 Å². The number of hydrogen-bond acceptors (Lipinski definition) is 4. The van der Waals surface area contributed by atoms with Crippen LogP contribution in [0.3, 0.4) is 0 Å². The Morgan fingerprint density at radius 2 is 2.33 bits per heavy atom. The number of nitrogens with one attached hydrogen (secondary N) is 1. The van der Waals surface area contributed by atoms with Crippen LogP contribution < -0.4 is 11.1 Å². The number of benzene rings is 1. The van der Waals surface area contributed by atoms with Crippen LogP contribution in [0.25, 0.3) is 0 Å². The van der Waals surface area contributed by atoms with E-state index in [9.17, 15) is 4.79 Å². The van der Waals surface area contributed by atoms with Gasteiger partial charge in [-0.2, -0.15) is 11.8 Å². The van der Waals surface area contributed by atoms with E-state index in [2.05, 4.69) is 5.32 Å². The summed E-state index contributed by atoms with van der Waals surface area (Å²) in [4.78, 5) is 11.3. The molecule has 15 heavy (non-hydrogen) atoms. The van der Waals surface area contributed by atoms with Crippen LogP contribution in [0.5, 0.6) is 5.75 Å². The Morgan fingerprint density at radius 1 is 1.53 bits per heavy atom. The zero-order valence-electron chi connectivity index (χ0n) is 8.27. The highest BCUT2D eigenvalue weighted by molar-refractivity contribution is 7.99. The minimum atomic E-state index is -0.0842. The van der Waals surface area contributed by atoms with Crippen molar-refractivity contribution < 1.29 is 9.90 Å². The van der Waals surface area contributed by atoms with Gasteiger partial charge in [0.2, 0.25) is 5.91 Å². The summed E-state index contributed by atoms with van der Waals surface area (Å²) in [6.07, 6.45) is 0. The maximum Gasteiger partial charge on any atom is 0.234 e. The van der Waals surface area contributed by atoms with Gasteiger partial charge in [-0.3, -0.25) is 4.79 Å². The lowest BCUT2D eigenvalue weighted by Crippen LogP contribution is -2.15. The van der Waals surface area contributed by atoms with Crippen molar-refractivity contribution in [1.82, 2.24) is 0 Å². The second-order valence-electron chi connectivity index (χ2n) is 2.94. The first-order valence-electron chi connectivity index (χ1n) is 4.59. The Labute approximate surface area is 92.9 Å². The fourth-order valence-corrected chi connectivity index (χ4v) is 1.60. The largest absolute Gasteiger partial charge is 0.508 e. The third-order valence-electron chi connectivity index (χ3n) is 1.63. The van der Waals surface area contributed by atoms with Crippen LogP contribution >= 0.6 is 11.8 Å². The fraction of sp³-hybridized carbons (Fsp3) is 0.300. The van der Waals surface area contributed by atoms with Crippen LogP contribution in [-0.2, 0) is 4.79 Å². The summed E-state index contributed by atoms with van der Waals surface area (Å²) in [6.45, 7) is 0.573. The van der Waals surface area contributed by atoms with Crippen molar-refractivity contribution >= 4 is 23.4 Å². The van der Waals surface area contributed by atoms with E-state index < -0.39 is 0 Å². The topological polar surface area (TPSA) is 75.4 Å². The molecule has 4 nitrogen and oxygen atoms in total. The molecule has 0 radical (unpaired) electrons. The Morgan fingerprint density at radius 3 is 3.00 bits per heavy atom. The van der Waals surface area contributed by atoms with Crippen molar-refractivity contribution in [2.75, 3.05) is 23.4 Å². The molecule has 0 bridgehead atoms. The van der Waals surface area contributed by atoms with Crippen molar-refractivity contribution in [3.05, 3.63) is 24.3 Å². The number of phenols is 1. The number of phenolic OH excluding ortho intramolecular Hbond substituents is 1. The van der Waals surface area contributed by atoms with E-state index >= 15 is 0 Å². The van der Waals surface area contributed by atoms with Gasteiger partial charge in [0.25, 0.3) is 0 Å². The molecule has 1 aromatic rings. The number of rotatable bonds is 5. The van der Waals surface area contributed by atoms with Gasteiger partial charge < -0.3 is 16.2 Å². The van der Waals surface area contributed by atoms with Crippen LogP contribution in [0.1, 0.15) is 0 Å². The molecule has 0 aliphatic rings. The van der Waals surface area contributed by atoms with Crippen LogP contribution in [-0.4, -0.2) is 29.1 Å². The maximum atomic E-state index is 11.3. The summed E-state index contributed by atoms with van der Waals surface area (Å²) in [6, 6.07) is 6.47. The normalized spacial score (nSPS) is 9.93. The van der Waals surface area contributed by atoms with Gasteiger partial charge in [-0.25, -0.2) is 0 Å². The quantitative estimate of drug-likeness (QED) is 0.655. The molecule has 0 aliphatic carbocycles. The highest BCUT2D eigenvalue weighted by Gasteiger charge is 2.02. The summed E-state index contributed by atoms with van der Waals surface area (Å²) in [5.41, 5.74) is 5.91. The molecular weight excluding hydrogens is 212 g/mol. The molecule has 1 amide bonds. The third-order valence-corrected chi connectivity index (χ3v) is 2.62. The summed E-state index contributed by atoms with van der Waals surface area (Å²) in [5.74, 6) is 1.21. The number of nitrogens with two attached hydrogens (primary N) is 1. The molecule has 0 saturated carbocycles. The van der Waals surface area contributed by atoms with Gasteiger partial charge in [-0.15, -0.1) is 0 Å². The van der Waals surface area contributed by atoms with Crippen molar-refractivity contribution in [1.29, 1.82) is 0 Å². The first-order valence-corrected chi connectivity index (χ1v) is 5.74. The molecule has 0 heterocycles. The minimum Gasteiger partial charge on any atom is -0.508 e. The van der Waals surface area contributed by atoms with Gasteiger partial charge in [0.05, 0.1) is 5.75 Å². The standard InChI is InChI=1S/C10H14N2O2S/c11-4-5-15-7-10(14)12-8-2-1-3-9(13)6-8/h1-3,6,13H,4-5,7,11H2,(H,12,14). The number of hydrogen-bond donors (Lipinski definition) is 3. The summed E-state index contributed by atoms with van der Waals surface area (Å²) < 4.78 is 0. The minimum absolute atomic E-state index is 0.0842. The van der Waals surface area contributed by atoms with Crippen LogP contribution in [0.2, 0.25) is 0 Å². The van der Waals surface area contributed by atoms with E-state index in [1.54, 1.807) is 18.2 Å². The summed E-state index contributed by atoms with van der Waals surface area (Å²) >= 11 is 1.49. The first-order chi connectivity index (χ1) is 7.22. The average Bonchev–Trinajstić information content (AvgIpc) is 2.18. The molecule has 0 aromatic heterocycles. The van der Waals surface area contributed by atoms with Gasteiger partial charge in [0.15, 0.2) is 0 Å². The molecule has 0 fully saturated rings. The second kappa shape index (κ2) is 6.31. The lowest BCUT2D eigenvalue weighted by Gasteiger charge is -2.04. The second-order valence-corrected chi connectivity index (χ2v) is 4.04. The predicted molar refractivity (Wildman–Crippen MR) is 63.1 cm³/mol. The Kier molecular flexibility index (Phi) is 5.00. The van der Waals surface area contributed by atoms with Crippen molar-refractivity contribution in [3.63, 3.8) is 0 Å². The van der Waals surface area contributed by atoms with Gasteiger partial charge >= 0.3 is 0 Å². The average molecular weight is 226 g/mol. The molecular formula is C10H14N2O2S. The summed E-state index contributed by atoms with van der Waals surface area (Å²) in [7, 11) is 0. The number of carbonyl (C=O) groups is 1. The Hall–Kier alpha value is -1.20. The van der Waals surface area contributed by atoms with Crippen LogP contribution in [0.4, 0.5) is 5.69 Å². The molecule has 5 heteroatoms. The Balaban J connectivity index is 2.37. The predicted octanol–water partition coefficient (Wildman–Crippen LogP) is 1.02. The first kappa shape index (κ1) is 11.9. The summed E-state index contributed by atoms with van der Waals surface area (Å²) in [5, 5.41) is 11.8. The zero-order valence-corrected chi connectivity index (χ0v) is 9.09.